The van der Waals surface area contributed by atoms with Gasteiger partial charge in [-0.3, -0.25) is 9.59 Å². The minimum Gasteiger partial charge on any atom is -0.371 e. The van der Waals surface area contributed by atoms with Crippen molar-refractivity contribution >= 4 is 39.9 Å². The number of ketones is 1. The number of Topliss-reactive ketones (excluding diaryl/α,β-unsaturated/α-hetero) is 1. The van der Waals surface area contributed by atoms with Gasteiger partial charge in [0.2, 0.25) is 5.91 Å². The third-order valence-electron chi connectivity index (χ3n) is 7.88. The van der Waals surface area contributed by atoms with Crippen LogP contribution >= 0.6 is 11.6 Å². The monoisotopic (exact) mass is 493 g/mol. The van der Waals surface area contributed by atoms with Gasteiger partial charge in [0.1, 0.15) is 11.5 Å². The molecule has 3 aliphatic carbocycles. The number of pyridine rings is 1. The van der Waals surface area contributed by atoms with Crippen molar-refractivity contribution in [3.05, 3.63) is 35.0 Å². The van der Waals surface area contributed by atoms with E-state index >= 15 is 0 Å². The molecule has 1 amide bonds. The Morgan fingerprint density at radius 2 is 1.82 bits per heavy atom. The van der Waals surface area contributed by atoms with Crippen LogP contribution in [0.25, 0.3) is 10.9 Å². The SMILES string of the molecule is CN(c1cc(C(F)(F)F)nc2ccc(Cl)cc12)C1CCC(NC(=O)C2CC3(CC(=O)C3)C2)CC1. The molecule has 5 nitrogen and oxygen atoms in total. The Kier molecular flexibility index (Phi) is 5.78. The summed E-state index contributed by atoms with van der Waals surface area (Å²) in [6.45, 7) is 0. The van der Waals surface area contributed by atoms with E-state index in [2.05, 4.69) is 10.3 Å². The second kappa shape index (κ2) is 8.40. The molecule has 1 aromatic heterocycles. The van der Waals surface area contributed by atoms with Gasteiger partial charge in [-0.05, 0) is 68.2 Å². The highest BCUT2D eigenvalue weighted by molar-refractivity contribution is 6.31. The molecule has 1 N–H and O–H groups in total. The van der Waals surface area contributed by atoms with Crippen LogP contribution in [0.2, 0.25) is 5.02 Å². The molecular weight excluding hydrogens is 467 g/mol. The zero-order chi connectivity index (χ0) is 24.3. The fourth-order valence-electron chi connectivity index (χ4n) is 5.98. The van der Waals surface area contributed by atoms with E-state index < -0.39 is 11.9 Å². The van der Waals surface area contributed by atoms with Gasteiger partial charge in [0, 0.05) is 54.0 Å². The van der Waals surface area contributed by atoms with E-state index in [0.29, 0.717) is 34.7 Å². The van der Waals surface area contributed by atoms with Crippen molar-refractivity contribution in [1.29, 1.82) is 0 Å². The summed E-state index contributed by atoms with van der Waals surface area (Å²) in [5, 5.41) is 4.20. The first-order chi connectivity index (χ1) is 16.0. The highest BCUT2D eigenvalue weighted by Gasteiger charge is 2.54. The summed E-state index contributed by atoms with van der Waals surface area (Å²) in [5.41, 5.74) is -0.0996. The van der Waals surface area contributed by atoms with Crippen LogP contribution in [0, 0.1) is 11.3 Å². The van der Waals surface area contributed by atoms with Crippen molar-refractivity contribution in [3.63, 3.8) is 0 Å². The summed E-state index contributed by atoms with van der Waals surface area (Å²) in [6, 6.07) is 5.94. The maximum atomic E-state index is 13.5. The smallest absolute Gasteiger partial charge is 0.371 e. The average Bonchev–Trinajstić information content (AvgIpc) is 2.73. The highest BCUT2D eigenvalue weighted by atomic mass is 35.5. The van der Waals surface area contributed by atoms with Crippen LogP contribution in [0.4, 0.5) is 18.9 Å². The van der Waals surface area contributed by atoms with Crippen molar-refractivity contribution in [2.45, 2.75) is 69.6 Å². The molecule has 34 heavy (non-hydrogen) atoms. The highest BCUT2D eigenvalue weighted by Crippen LogP contribution is 2.57. The van der Waals surface area contributed by atoms with Gasteiger partial charge in [-0.2, -0.15) is 13.2 Å². The average molecular weight is 494 g/mol. The van der Waals surface area contributed by atoms with Crippen LogP contribution in [0.15, 0.2) is 24.3 Å². The van der Waals surface area contributed by atoms with Gasteiger partial charge in [0.25, 0.3) is 0 Å². The van der Waals surface area contributed by atoms with Crippen LogP contribution in [0.5, 0.6) is 0 Å². The molecule has 3 aliphatic rings. The van der Waals surface area contributed by atoms with Crippen molar-refractivity contribution in [2.24, 2.45) is 11.3 Å². The number of benzene rings is 1. The lowest BCUT2D eigenvalue weighted by Gasteiger charge is -2.52. The first kappa shape index (κ1) is 23.4. The molecule has 0 bridgehead atoms. The maximum absolute atomic E-state index is 13.5. The van der Waals surface area contributed by atoms with Gasteiger partial charge in [-0.15, -0.1) is 0 Å². The molecule has 1 aromatic carbocycles. The number of carbonyl (C=O) groups excluding carboxylic acids is 2. The van der Waals surface area contributed by atoms with Crippen LogP contribution in [-0.4, -0.2) is 35.8 Å². The third kappa shape index (κ3) is 4.37. The van der Waals surface area contributed by atoms with E-state index in [1.807, 2.05) is 11.9 Å². The zero-order valence-electron chi connectivity index (χ0n) is 18.9. The molecule has 3 saturated carbocycles. The van der Waals surface area contributed by atoms with Crippen LogP contribution < -0.4 is 10.2 Å². The Balaban J connectivity index is 1.23. The first-order valence-electron chi connectivity index (χ1n) is 11.8. The predicted octanol–water partition coefficient (Wildman–Crippen LogP) is 5.53. The van der Waals surface area contributed by atoms with Crippen molar-refractivity contribution in [3.8, 4) is 0 Å². The van der Waals surface area contributed by atoms with Crippen molar-refractivity contribution in [1.82, 2.24) is 10.3 Å². The van der Waals surface area contributed by atoms with Gasteiger partial charge < -0.3 is 10.2 Å². The molecule has 0 saturated heterocycles. The molecule has 1 spiro atoms. The molecule has 0 unspecified atom stereocenters. The second-order valence-corrected chi connectivity index (χ2v) is 10.7. The fourth-order valence-corrected chi connectivity index (χ4v) is 6.16. The number of halogens is 4. The van der Waals surface area contributed by atoms with Gasteiger partial charge in [-0.1, -0.05) is 11.6 Å². The van der Waals surface area contributed by atoms with Crippen LogP contribution in [0.1, 0.15) is 57.1 Å². The summed E-state index contributed by atoms with van der Waals surface area (Å²) in [6.07, 6.45) is 1.38. The van der Waals surface area contributed by atoms with Gasteiger partial charge in [-0.25, -0.2) is 4.98 Å². The number of nitrogens with zero attached hydrogens (tertiary/aromatic N) is 2. The van der Waals surface area contributed by atoms with Crippen LogP contribution in [0.3, 0.4) is 0 Å². The van der Waals surface area contributed by atoms with Crippen molar-refractivity contribution in [2.75, 3.05) is 11.9 Å². The van der Waals surface area contributed by atoms with E-state index in [9.17, 15) is 22.8 Å². The molecule has 2 aromatic rings. The Bertz CT molecular complexity index is 1130. The minimum absolute atomic E-state index is 0.00205. The number of nitrogens with one attached hydrogen (secondary N) is 1. The van der Waals surface area contributed by atoms with Gasteiger partial charge in [0.15, 0.2) is 0 Å². The molecule has 9 heteroatoms. The number of hydrogen-bond acceptors (Lipinski definition) is 4. The molecule has 0 aliphatic heterocycles. The zero-order valence-corrected chi connectivity index (χ0v) is 19.7. The quantitative estimate of drug-likeness (QED) is 0.608. The lowest BCUT2D eigenvalue weighted by Crippen LogP contribution is -2.54. The van der Waals surface area contributed by atoms with Gasteiger partial charge >= 0.3 is 6.18 Å². The standard InChI is InChI=1S/C25H27ClF3N3O2/c1-32(21-9-22(25(27,28)29)31-20-7-2-15(26)8-19(20)21)17-5-3-16(4-6-17)30-23(34)14-10-24(11-14)12-18(33)13-24/h2,7-9,14,16-17H,3-6,10-13H2,1H3,(H,30,34). The largest absolute Gasteiger partial charge is 0.433 e. The van der Waals surface area contributed by atoms with Crippen molar-refractivity contribution < 1.29 is 22.8 Å². The Labute approximate surface area is 201 Å². The van der Waals surface area contributed by atoms with E-state index in [0.717, 1.165) is 44.6 Å². The van der Waals surface area contributed by atoms with E-state index in [4.69, 9.17) is 11.6 Å². The Hall–Kier alpha value is -2.35. The summed E-state index contributed by atoms with van der Waals surface area (Å²) in [4.78, 5) is 29.6. The molecule has 5 rings (SSSR count). The number of carbonyl (C=O) groups is 2. The van der Waals surface area contributed by atoms with Gasteiger partial charge in [0.05, 0.1) is 5.52 Å². The number of alkyl halides is 3. The molecule has 3 fully saturated rings. The summed E-state index contributed by atoms with van der Waals surface area (Å²) < 4.78 is 40.4. The topological polar surface area (TPSA) is 62.3 Å². The fraction of sp³-hybridized carbons (Fsp3) is 0.560. The normalized spacial score (nSPS) is 24.6. The molecule has 0 radical (unpaired) electrons. The number of rotatable bonds is 4. The lowest BCUT2D eigenvalue weighted by atomic mass is 9.51. The van der Waals surface area contributed by atoms with E-state index in [1.54, 1.807) is 12.1 Å². The van der Waals surface area contributed by atoms with E-state index in [1.165, 1.54) is 6.07 Å². The molecule has 0 atom stereocenters. The maximum Gasteiger partial charge on any atom is 0.433 e. The number of hydrogen-bond donors (Lipinski definition) is 1. The number of aromatic nitrogens is 1. The Morgan fingerprint density at radius 3 is 2.44 bits per heavy atom. The summed E-state index contributed by atoms with van der Waals surface area (Å²) >= 11 is 6.13. The Morgan fingerprint density at radius 1 is 1.15 bits per heavy atom. The number of anilines is 1. The summed E-state index contributed by atoms with van der Waals surface area (Å²) in [7, 11) is 1.81. The minimum atomic E-state index is -4.54. The lowest BCUT2D eigenvalue weighted by molar-refractivity contribution is -0.150. The number of fused-ring (bicyclic) bond motifs is 1. The predicted molar refractivity (Wildman–Crippen MR) is 124 cm³/mol. The molecular formula is C25H27ClF3N3O2. The van der Waals surface area contributed by atoms with E-state index in [-0.39, 0.29) is 34.8 Å². The summed E-state index contributed by atoms with van der Waals surface area (Å²) in [5.74, 6) is 0.376. The third-order valence-corrected chi connectivity index (χ3v) is 8.12. The second-order valence-electron chi connectivity index (χ2n) is 10.3. The number of amides is 1. The van der Waals surface area contributed by atoms with Crippen LogP contribution in [-0.2, 0) is 15.8 Å². The first-order valence-corrected chi connectivity index (χ1v) is 12.1. The molecule has 1 heterocycles. The molecule has 182 valence electrons.